The van der Waals surface area contributed by atoms with Crippen LogP contribution in [0.25, 0.3) is 0 Å². The van der Waals surface area contributed by atoms with Crippen molar-refractivity contribution < 1.29 is 19.1 Å². The second-order valence-corrected chi connectivity index (χ2v) is 4.59. The molecule has 0 aliphatic heterocycles. The second kappa shape index (κ2) is 5.87. The van der Waals surface area contributed by atoms with Gasteiger partial charge in [-0.1, -0.05) is 0 Å². The quantitative estimate of drug-likeness (QED) is 0.785. The lowest BCUT2D eigenvalue weighted by atomic mass is 9.88. The molecule has 1 aliphatic carbocycles. The van der Waals surface area contributed by atoms with E-state index in [9.17, 15) is 9.59 Å². The zero-order valence-corrected chi connectivity index (χ0v) is 11.3. The van der Waals surface area contributed by atoms with E-state index in [4.69, 9.17) is 9.47 Å². The number of esters is 2. The maximum Gasteiger partial charge on any atom is 0.339 e. The predicted molar refractivity (Wildman–Crippen MR) is 70.4 cm³/mol. The average Bonchev–Trinajstić information content (AvgIpc) is 2.45. The number of benzene rings is 1. The number of hydrogen-bond acceptors (Lipinski definition) is 4. The molecule has 0 fully saturated rings. The number of fused-ring (bicyclic) bond motifs is 1. The molecule has 1 aromatic carbocycles. The first-order valence-electron chi connectivity index (χ1n) is 6.58. The summed E-state index contributed by atoms with van der Waals surface area (Å²) in [5.41, 5.74) is 2.90. The van der Waals surface area contributed by atoms with Crippen LogP contribution in [-0.4, -0.2) is 25.7 Å². The van der Waals surface area contributed by atoms with Gasteiger partial charge in [-0.25, -0.2) is 9.59 Å². The molecule has 102 valence electrons. The Bertz CT molecular complexity index is 505. The SMILES string of the molecule is CCOC(=O)c1cc2c(cc1C(=O)OC)CCCC2. The van der Waals surface area contributed by atoms with Crippen molar-refractivity contribution in [1.29, 1.82) is 0 Å². The molecule has 4 heteroatoms. The van der Waals surface area contributed by atoms with Crippen molar-refractivity contribution in [2.24, 2.45) is 0 Å². The van der Waals surface area contributed by atoms with Crippen LogP contribution in [0.2, 0.25) is 0 Å². The van der Waals surface area contributed by atoms with Crippen LogP contribution in [0.15, 0.2) is 12.1 Å². The van der Waals surface area contributed by atoms with Crippen LogP contribution in [0.3, 0.4) is 0 Å². The van der Waals surface area contributed by atoms with Crippen molar-refractivity contribution in [3.63, 3.8) is 0 Å². The zero-order valence-electron chi connectivity index (χ0n) is 11.3. The van der Waals surface area contributed by atoms with E-state index < -0.39 is 11.9 Å². The van der Waals surface area contributed by atoms with Gasteiger partial charge in [0.05, 0.1) is 24.8 Å². The van der Waals surface area contributed by atoms with Gasteiger partial charge in [0.1, 0.15) is 0 Å². The average molecular weight is 262 g/mol. The molecule has 1 aliphatic rings. The van der Waals surface area contributed by atoms with E-state index in [-0.39, 0.29) is 6.61 Å². The van der Waals surface area contributed by atoms with Gasteiger partial charge in [0, 0.05) is 0 Å². The zero-order chi connectivity index (χ0) is 13.8. The van der Waals surface area contributed by atoms with Gasteiger partial charge in [0.15, 0.2) is 0 Å². The van der Waals surface area contributed by atoms with Gasteiger partial charge in [0.2, 0.25) is 0 Å². The van der Waals surface area contributed by atoms with Crippen molar-refractivity contribution in [1.82, 2.24) is 0 Å². The molecular weight excluding hydrogens is 244 g/mol. The first-order chi connectivity index (χ1) is 9.17. The lowest BCUT2D eigenvalue weighted by Crippen LogP contribution is -2.16. The fraction of sp³-hybridized carbons (Fsp3) is 0.467. The molecule has 0 heterocycles. The van der Waals surface area contributed by atoms with Crippen LogP contribution in [0.5, 0.6) is 0 Å². The Kier molecular flexibility index (Phi) is 4.20. The molecule has 0 aromatic heterocycles. The Hall–Kier alpha value is -1.84. The van der Waals surface area contributed by atoms with E-state index in [1.807, 2.05) is 0 Å². The third-order valence-corrected chi connectivity index (χ3v) is 3.38. The molecule has 0 saturated heterocycles. The van der Waals surface area contributed by atoms with Gasteiger partial charge in [0.25, 0.3) is 0 Å². The minimum absolute atomic E-state index is 0.288. The van der Waals surface area contributed by atoms with Gasteiger partial charge < -0.3 is 9.47 Å². The van der Waals surface area contributed by atoms with Crippen LogP contribution in [0.4, 0.5) is 0 Å². The number of rotatable bonds is 3. The van der Waals surface area contributed by atoms with Crippen LogP contribution in [0, 0.1) is 0 Å². The number of hydrogen-bond donors (Lipinski definition) is 0. The number of ether oxygens (including phenoxy) is 2. The van der Waals surface area contributed by atoms with Crippen LogP contribution in [-0.2, 0) is 22.3 Å². The monoisotopic (exact) mass is 262 g/mol. The number of carbonyl (C=O) groups is 2. The largest absolute Gasteiger partial charge is 0.465 e. The van der Waals surface area contributed by atoms with Crippen molar-refractivity contribution in [3.8, 4) is 0 Å². The maximum atomic E-state index is 11.9. The summed E-state index contributed by atoms with van der Waals surface area (Å²) in [7, 11) is 1.32. The molecule has 0 amide bonds. The van der Waals surface area contributed by atoms with Gasteiger partial charge in [-0.3, -0.25) is 0 Å². The van der Waals surface area contributed by atoms with E-state index in [1.165, 1.54) is 7.11 Å². The van der Waals surface area contributed by atoms with E-state index in [0.717, 1.165) is 36.8 Å². The summed E-state index contributed by atoms with van der Waals surface area (Å²) in [6.07, 6.45) is 4.13. The van der Waals surface area contributed by atoms with Crippen LogP contribution >= 0.6 is 0 Å². The molecule has 0 bridgehead atoms. The predicted octanol–water partition coefficient (Wildman–Crippen LogP) is 2.53. The van der Waals surface area contributed by atoms with E-state index >= 15 is 0 Å². The molecule has 4 nitrogen and oxygen atoms in total. The summed E-state index contributed by atoms with van der Waals surface area (Å²) in [6, 6.07) is 3.57. The summed E-state index contributed by atoms with van der Waals surface area (Å²) in [5, 5.41) is 0. The first kappa shape index (κ1) is 13.6. The maximum absolute atomic E-state index is 11.9. The van der Waals surface area contributed by atoms with Gasteiger partial charge in [-0.15, -0.1) is 0 Å². The fourth-order valence-corrected chi connectivity index (χ4v) is 2.44. The molecule has 0 atom stereocenters. The molecule has 0 saturated carbocycles. The summed E-state index contributed by atoms with van der Waals surface area (Å²) in [6.45, 7) is 2.03. The lowest BCUT2D eigenvalue weighted by Gasteiger charge is -2.18. The Labute approximate surface area is 112 Å². The summed E-state index contributed by atoms with van der Waals surface area (Å²) >= 11 is 0. The van der Waals surface area contributed by atoms with Crippen LogP contribution < -0.4 is 0 Å². The Morgan fingerprint density at radius 1 is 1.05 bits per heavy atom. The number of carbonyl (C=O) groups excluding carboxylic acids is 2. The third-order valence-electron chi connectivity index (χ3n) is 3.38. The summed E-state index contributed by atoms with van der Waals surface area (Å²) < 4.78 is 9.76. The highest BCUT2D eigenvalue weighted by atomic mass is 16.5. The Morgan fingerprint density at radius 3 is 2.05 bits per heavy atom. The van der Waals surface area contributed by atoms with Crippen molar-refractivity contribution in [3.05, 3.63) is 34.4 Å². The number of aryl methyl sites for hydroxylation is 2. The summed E-state index contributed by atoms with van der Waals surface area (Å²) in [4.78, 5) is 23.7. The van der Waals surface area contributed by atoms with Crippen molar-refractivity contribution in [2.75, 3.05) is 13.7 Å². The van der Waals surface area contributed by atoms with E-state index in [0.29, 0.717) is 11.1 Å². The molecule has 0 unspecified atom stereocenters. The van der Waals surface area contributed by atoms with Crippen molar-refractivity contribution in [2.45, 2.75) is 32.6 Å². The van der Waals surface area contributed by atoms with E-state index in [2.05, 4.69) is 0 Å². The Balaban J connectivity index is 2.48. The first-order valence-corrected chi connectivity index (χ1v) is 6.58. The molecule has 2 rings (SSSR count). The van der Waals surface area contributed by atoms with Gasteiger partial charge in [-0.2, -0.15) is 0 Å². The van der Waals surface area contributed by atoms with Crippen LogP contribution in [0.1, 0.15) is 51.6 Å². The number of methoxy groups -OCH3 is 1. The normalized spacial score (nSPS) is 13.6. The van der Waals surface area contributed by atoms with Gasteiger partial charge >= 0.3 is 11.9 Å². The minimum Gasteiger partial charge on any atom is -0.465 e. The molecule has 0 spiro atoms. The molecule has 19 heavy (non-hydrogen) atoms. The lowest BCUT2D eigenvalue weighted by molar-refractivity contribution is 0.0504. The van der Waals surface area contributed by atoms with E-state index in [1.54, 1.807) is 19.1 Å². The molecule has 0 N–H and O–H groups in total. The Morgan fingerprint density at radius 2 is 1.58 bits per heavy atom. The third kappa shape index (κ3) is 2.78. The van der Waals surface area contributed by atoms with Gasteiger partial charge in [-0.05, 0) is 55.9 Å². The highest BCUT2D eigenvalue weighted by Gasteiger charge is 2.22. The standard InChI is InChI=1S/C15H18O4/c1-3-19-15(17)13-9-11-7-5-4-6-10(11)8-12(13)14(16)18-2/h8-9H,3-7H2,1-2H3. The highest BCUT2D eigenvalue weighted by Crippen LogP contribution is 2.26. The molecule has 0 radical (unpaired) electrons. The highest BCUT2D eigenvalue weighted by molar-refractivity contribution is 6.03. The summed E-state index contributed by atoms with van der Waals surface area (Å²) in [5.74, 6) is -0.951. The fourth-order valence-electron chi connectivity index (χ4n) is 2.44. The second-order valence-electron chi connectivity index (χ2n) is 4.59. The van der Waals surface area contributed by atoms with Crippen molar-refractivity contribution >= 4 is 11.9 Å². The smallest absolute Gasteiger partial charge is 0.339 e. The molecular formula is C15H18O4. The minimum atomic E-state index is -0.489. The topological polar surface area (TPSA) is 52.6 Å². The molecule has 1 aromatic rings.